The molecule has 9 nitrogen and oxygen atoms in total. The molecule has 0 aliphatic heterocycles. The highest BCUT2D eigenvalue weighted by atomic mass is 19.4. The Morgan fingerprint density at radius 3 is 2.10 bits per heavy atom. The Morgan fingerprint density at radius 2 is 1.56 bits per heavy atom. The minimum Gasteiger partial charge on any atom is -0.475 e. The van der Waals surface area contributed by atoms with E-state index in [4.69, 9.17) is 15.6 Å². The predicted octanol–water partition coefficient (Wildman–Crippen LogP) is 3.67. The molecule has 0 radical (unpaired) electrons. The summed E-state index contributed by atoms with van der Waals surface area (Å²) in [4.78, 5) is 33.0. The second-order valence-electron chi connectivity index (χ2n) is 8.01. The summed E-state index contributed by atoms with van der Waals surface area (Å²) in [5.41, 5.74) is 6.02. The Morgan fingerprint density at radius 1 is 0.974 bits per heavy atom. The highest BCUT2D eigenvalue weighted by Gasteiger charge is 2.38. The fraction of sp³-hybridized carbons (Fsp3) is 0.250. The van der Waals surface area contributed by atoms with Gasteiger partial charge in [0.15, 0.2) is 5.69 Å². The zero-order valence-corrected chi connectivity index (χ0v) is 20.2. The number of aliphatic carboxylic acids is 1. The van der Waals surface area contributed by atoms with Crippen LogP contribution in [0.25, 0.3) is 5.69 Å². The average molecular weight is 559 g/mol. The minimum absolute atomic E-state index is 0.00326. The van der Waals surface area contributed by atoms with Crippen molar-refractivity contribution in [2.45, 2.75) is 38.3 Å². The van der Waals surface area contributed by atoms with Gasteiger partial charge in [0.05, 0.1) is 18.2 Å². The topological polar surface area (TPSA) is 139 Å². The molecular formula is C24H23F6N5O4. The van der Waals surface area contributed by atoms with Gasteiger partial charge in [-0.1, -0.05) is 42.5 Å². The molecule has 0 fully saturated rings. The smallest absolute Gasteiger partial charge is 0.475 e. The molecule has 0 bridgehead atoms. The number of carboxylic acid groups (broad SMARTS) is 1. The molecule has 3 rings (SSSR count). The molecule has 2 amide bonds. The lowest BCUT2D eigenvalue weighted by Crippen LogP contribution is -2.37. The second-order valence-corrected chi connectivity index (χ2v) is 8.01. The number of nitrogens with zero attached hydrogens (tertiary/aromatic N) is 2. The number of nitrogens with two attached hydrogens (primary N) is 1. The van der Waals surface area contributed by atoms with Gasteiger partial charge in [-0.3, -0.25) is 9.59 Å². The third-order valence-corrected chi connectivity index (χ3v) is 4.75. The number of carbonyl (C=O) groups excluding carboxylic acids is 2. The van der Waals surface area contributed by atoms with E-state index in [2.05, 4.69) is 15.7 Å². The second kappa shape index (κ2) is 12.9. The molecule has 1 heterocycles. The standard InChI is InChI=1S/C22H22F3N5O2.C2HF3O2/c1-14(26)21(32)27-13-16-8-5-9-17(10-16)30-19(12-18(29-30)22(23,24)25)28-20(31)11-15-6-3-2-4-7-15;3-2(4,5)1(6)7/h2-10,12,14H,11,13,26H2,1H3,(H,27,32)(H,28,31);(H,6,7)/t14-;/m0./s1. The molecule has 5 N–H and O–H groups in total. The van der Waals surface area contributed by atoms with Gasteiger partial charge in [0.25, 0.3) is 0 Å². The first-order valence-corrected chi connectivity index (χ1v) is 11.0. The monoisotopic (exact) mass is 559 g/mol. The number of carbonyl (C=O) groups is 3. The predicted molar refractivity (Wildman–Crippen MR) is 127 cm³/mol. The van der Waals surface area contributed by atoms with E-state index in [0.29, 0.717) is 11.3 Å². The Bertz CT molecular complexity index is 1290. The largest absolute Gasteiger partial charge is 0.490 e. The molecule has 0 unspecified atom stereocenters. The molecule has 210 valence electrons. The number of anilines is 1. The van der Waals surface area contributed by atoms with Crippen LogP contribution in [0.2, 0.25) is 0 Å². The quantitative estimate of drug-likeness (QED) is 0.326. The normalized spacial score (nSPS) is 12.1. The van der Waals surface area contributed by atoms with Crippen LogP contribution < -0.4 is 16.4 Å². The first-order chi connectivity index (χ1) is 18.1. The Balaban J connectivity index is 0.000000673. The van der Waals surface area contributed by atoms with Crippen molar-refractivity contribution in [3.8, 4) is 5.69 Å². The molecule has 3 aromatic rings. The highest BCUT2D eigenvalue weighted by molar-refractivity contribution is 5.91. The molecule has 2 aromatic carbocycles. The Labute approximate surface area is 217 Å². The third kappa shape index (κ3) is 9.77. The number of nitrogens with one attached hydrogen (secondary N) is 2. The molecule has 0 aliphatic rings. The summed E-state index contributed by atoms with van der Waals surface area (Å²) in [6.07, 6.45) is -9.77. The van der Waals surface area contributed by atoms with Crippen LogP contribution in [0.1, 0.15) is 23.7 Å². The van der Waals surface area contributed by atoms with Gasteiger partial charge >= 0.3 is 18.3 Å². The van der Waals surface area contributed by atoms with Crippen LogP contribution in [0.5, 0.6) is 0 Å². The maximum absolute atomic E-state index is 13.3. The van der Waals surface area contributed by atoms with Crippen molar-refractivity contribution in [1.29, 1.82) is 0 Å². The zero-order chi connectivity index (χ0) is 29.4. The molecule has 0 saturated heterocycles. The molecule has 0 aliphatic carbocycles. The van der Waals surface area contributed by atoms with Crippen molar-refractivity contribution in [3.63, 3.8) is 0 Å². The number of benzene rings is 2. The summed E-state index contributed by atoms with van der Waals surface area (Å²) in [5.74, 6) is -3.71. The molecule has 1 atom stereocenters. The summed E-state index contributed by atoms with van der Waals surface area (Å²) in [6.45, 7) is 1.68. The van der Waals surface area contributed by atoms with E-state index in [1.807, 2.05) is 0 Å². The zero-order valence-electron chi connectivity index (χ0n) is 20.2. The lowest BCUT2D eigenvalue weighted by Gasteiger charge is -2.12. The summed E-state index contributed by atoms with van der Waals surface area (Å²) in [5, 5.41) is 15.9. The van der Waals surface area contributed by atoms with Crippen LogP contribution in [-0.4, -0.2) is 44.9 Å². The number of aromatic nitrogens is 2. The highest BCUT2D eigenvalue weighted by Crippen LogP contribution is 2.31. The summed E-state index contributed by atoms with van der Waals surface area (Å²) >= 11 is 0. The summed E-state index contributed by atoms with van der Waals surface area (Å²) in [7, 11) is 0. The average Bonchev–Trinajstić information content (AvgIpc) is 3.27. The van der Waals surface area contributed by atoms with Gasteiger partial charge in [0.1, 0.15) is 5.82 Å². The van der Waals surface area contributed by atoms with Gasteiger partial charge in [0.2, 0.25) is 11.8 Å². The van der Waals surface area contributed by atoms with Crippen LogP contribution in [0.3, 0.4) is 0 Å². The van der Waals surface area contributed by atoms with E-state index in [9.17, 15) is 35.9 Å². The number of hydrogen-bond acceptors (Lipinski definition) is 5. The van der Waals surface area contributed by atoms with Crippen LogP contribution in [0, 0.1) is 0 Å². The molecule has 39 heavy (non-hydrogen) atoms. The SMILES string of the molecule is C[C@H](N)C(=O)NCc1cccc(-n2nc(C(F)(F)F)cc2NC(=O)Cc2ccccc2)c1.O=C(O)C(F)(F)F. The molecular weight excluding hydrogens is 536 g/mol. The summed E-state index contributed by atoms with van der Waals surface area (Å²) < 4.78 is 72.6. The number of alkyl halides is 6. The number of carboxylic acids is 1. The van der Waals surface area contributed by atoms with Crippen LogP contribution in [0.4, 0.5) is 32.2 Å². The van der Waals surface area contributed by atoms with Crippen LogP contribution in [-0.2, 0) is 33.5 Å². The van der Waals surface area contributed by atoms with Gasteiger partial charge in [-0.25, -0.2) is 9.48 Å². The maximum Gasteiger partial charge on any atom is 0.490 e. The van der Waals surface area contributed by atoms with Crippen molar-refractivity contribution in [2.24, 2.45) is 5.73 Å². The lowest BCUT2D eigenvalue weighted by molar-refractivity contribution is -0.192. The van der Waals surface area contributed by atoms with Crippen molar-refractivity contribution in [3.05, 3.63) is 77.5 Å². The van der Waals surface area contributed by atoms with E-state index in [0.717, 1.165) is 16.3 Å². The van der Waals surface area contributed by atoms with Gasteiger partial charge < -0.3 is 21.5 Å². The van der Waals surface area contributed by atoms with Gasteiger partial charge in [-0.15, -0.1) is 0 Å². The van der Waals surface area contributed by atoms with Crippen LogP contribution in [0.15, 0.2) is 60.7 Å². The van der Waals surface area contributed by atoms with Crippen molar-refractivity contribution >= 4 is 23.6 Å². The number of halogens is 6. The fourth-order valence-electron chi connectivity index (χ4n) is 2.92. The molecule has 15 heteroatoms. The lowest BCUT2D eigenvalue weighted by atomic mass is 10.1. The van der Waals surface area contributed by atoms with E-state index in [1.54, 1.807) is 61.5 Å². The van der Waals surface area contributed by atoms with Gasteiger partial charge in [0, 0.05) is 12.6 Å². The third-order valence-electron chi connectivity index (χ3n) is 4.75. The fourth-order valence-corrected chi connectivity index (χ4v) is 2.92. The van der Waals surface area contributed by atoms with Crippen LogP contribution >= 0.6 is 0 Å². The number of amides is 2. The van der Waals surface area contributed by atoms with E-state index in [1.165, 1.54) is 0 Å². The molecule has 1 aromatic heterocycles. The number of rotatable bonds is 7. The van der Waals surface area contributed by atoms with E-state index in [-0.39, 0.29) is 24.7 Å². The molecule has 0 spiro atoms. The van der Waals surface area contributed by atoms with Crippen molar-refractivity contribution < 1.29 is 45.8 Å². The Hall–Kier alpha value is -4.40. The summed E-state index contributed by atoms with van der Waals surface area (Å²) in [6, 6.07) is 15.4. The first kappa shape index (κ1) is 30.8. The Kier molecular flexibility index (Phi) is 10.2. The van der Waals surface area contributed by atoms with Gasteiger partial charge in [-0.05, 0) is 30.2 Å². The minimum atomic E-state index is -5.08. The van der Waals surface area contributed by atoms with E-state index < -0.39 is 36.0 Å². The molecule has 0 saturated carbocycles. The maximum atomic E-state index is 13.3. The van der Waals surface area contributed by atoms with E-state index >= 15 is 0 Å². The van der Waals surface area contributed by atoms with Gasteiger partial charge in [-0.2, -0.15) is 31.4 Å². The van der Waals surface area contributed by atoms with Crippen molar-refractivity contribution in [2.75, 3.05) is 5.32 Å². The first-order valence-electron chi connectivity index (χ1n) is 11.0. The number of hydrogen-bond donors (Lipinski definition) is 4. The van der Waals surface area contributed by atoms with Crippen molar-refractivity contribution in [1.82, 2.24) is 15.1 Å².